The number of fused-ring (bicyclic) bond motifs is 1. The van der Waals surface area contributed by atoms with Crippen molar-refractivity contribution < 1.29 is 4.79 Å². The lowest BCUT2D eigenvalue weighted by atomic mass is 10.1. The van der Waals surface area contributed by atoms with E-state index in [-0.39, 0.29) is 5.91 Å². The molecule has 0 spiro atoms. The van der Waals surface area contributed by atoms with Gasteiger partial charge in [-0.2, -0.15) is 10.2 Å². The molecule has 1 aromatic carbocycles. The number of nitrogens with zero attached hydrogens (tertiary/aromatic N) is 6. The Balaban J connectivity index is 1.51. The first kappa shape index (κ1) is 21.4. The molecule has 0 radical (unpaired) electrons. The van der Waals surface area contributed by atoms with Crippen molar-refractivity contribution in [1.82, 2.24) is 29.4 Å². The summed E-state index contributed by atoms with van der Waals surface area (Å²) in [5.41, 5.74) is 8.60. The summed E-state index contributed by atoms with van der Waals surface area (Å²) in [4.78, 5) is 20.3. The maximum Gasteiger partial charge on any atom is 0.254 e. The molecular weight excluding hydrogens is 412 g/mol. The van der Waals surface area contributed by atoms with Crippen LogP contribution in [-0.2, 0) is 13.6 Å². The lowest BCUT2D eigenvalue weighted by Gasteiger charge is -2.19. The fourth-order valence-electron chi connectivity index (χ4n) is 4.68. The zero-order chi connectivity index (χ0) is 23.4. The monoisotopic (exact) mass is 442 g/mol. The molecule has 33 heavy (non-hydrogen) atoms. The van der Waals surface area contributed by atoms with Crippen LogP contribution in [0.2, 0.25) is 0 Å². The number of hydrogen-bond acceptors (Lipinski definition) is 4. The van der Waals surface area contributed by atoms with Gasteiger partial charge in [0.25, 0.3) is 5.91 Å². The largest absolute Gasteiger partial charge is 0.337 e. The van der Waals surface area contributed by atoms with E-state index in [2.05, 4.69) is 31.1 Å². The predicted octanol–water partition coefficient (Wildman–Crippen LogP) is 4.54. The Morgan fingerprint density at radius 1 is 1.09 bits per heavy atom. The van der Waals surface area contributed by atoms with Crippen molar-refractivity contribution in [3.63, 3.8) is 0 Å². The molecule has 1 fully saturated rings. The summed E-state index contributed by atoms with van der Waals surface area (Å²) < 4.78 is 3.77. The van der Waals surface area contributed by atoms with E-state index in [4.69, 9.17) is 10.1 Å². The summed E-state index contributed by atoms with van der Waals surface area (Å²) in [5, 5.41) is 10.2. The second-order valence-corrected chi connectivity index (χ2v) is 9.29. The van der Waals surface area contributed by atoms with Crippen molar-refractivity contribution >= 4 is 16.9 Å². The van der Waals surface area contributed by atoms with Gasteiger partial charge in [-0.05, 0) is 58.2 Å². The van der Waals surface area contributed by atoms with Gasteiger partial charge in [-0.1, -0.05) is 18.2 Å². The first-order valence-electron chi connectivity index (χ1n) is 11.5. The average molecular weight is 443 g/mol. The zero-order valence-corrected chi connectivity index (χ0v) is 20.2. The average Bonchev–Trinajstić information content (AvgIpc) is 3.55. The van der Waals surface area contributed by atoms with E-state index in [1.54, 1.807) is 9.58 Å². The summed E-state index contributed by atoms with van der Waals surface area (Å²) >= 11 is 0. The van der Waals surface area contributed by atoms with Crippen molar-refractivity contribution in [3.8, 4) is 5.69 Å². The van der Waals surface area contributed by atoms with E-state index >= 15 is 0 Å². The first-order valence-corrected chi connectivity index (χ1v) is 11.5. The van der Waals surface area contributed by atoms with Gasteiger partial charge in [0.15, 0.2) is 5.65 Å². The van der Waals surface area contributed by atoms with E-state index in [1.165, 1.54) is 0 Å². The lowest BCUT2D eigenvalue weighted by molar-refractivity contribution is 0.0786. The number of pyridine rings is 1. The van der Waals surface area contributed by atoms with Crippen LogP contribution in [0, 0.1) is 27.7 Å². The van der Waals surface area contributed by atoms with Crippen LogP contribution in [0.15, 0.2) is 30.3 Å². The third kappa shape index (κ3) is 3.61. The molecule has 3 heterocycles. The minimum Gasteiger partial charge on any atom is -0.337 e. The van der Waals surface area contributed by atoms with Crippen LogP contribution < -0.4 is 0 Å². The van der Waals surface area contributed by atoms with Crippen molar-refractivity contribution in [2.24, 2.45) is 7.05 Å². The second kappa shape index (κ2) is 7.83. The van der Waals surface area contributed by atoms with Crippen LogP contribution in [-0.4, -0.2) is 42.4 Å². The fraction of sp³-hybridized carbons (Fsp3) is 0.385. The van der Waals surface area contributed by atoms with Crippen LogP contribution in [0.1, 0.15) is 63.0 Å². The number of para-hydroxylation sites is 1. The minimum absolute atomic E-state index is 0.0113. The summed E-state index contributed by atoms with van der Waals surface area (Å²) in [6.45, 7) is 8.60. The van der Waals surface area contributed by atoms with Gasteiger partial charge in [-0.25, -0.2) is 9.67 Å². The highest BCUT2D eigenvalue weighted by Gasteiger charge is 2.29. The SMILES string of the molecule is Cc1ccccc1-n1nc(C)c(CN(C)C(=O)c2cc(C3CC3)nc3c2c(C)nn3C)c1C. The molecule has 0 saturated heterocycles. The highest BCUT2D eigenvalue weighted by Crippen LogP contribution is 2.40. The molecule has 4 aromatic rings. The first-order chi connectivity index (χ1) is 15.8. The van der Waals surface area contributed by atoms with Crippen LogP contribution in [0.3, 0.4) is 0 Å². The maximum atomic E-state index is 13.7. The summed E-state index contributed by atoms with van der Waals surface area (Å²) in [6.07, 6.45) is 2.27. The second-order valence-electron chi connectivity index (χ2n) is 9.29. The number of aryl methyl sites for hydroxylation is 4. The molecule has 0 aliphatic heterocycles. The zero-order valence-electron chi connectivity index (χ0n) is 20.2. The molecular formula is C26H30N6O. The molecule has 7 nitrogen and oxygen atoms in total. The number of hydrogen-bond donors (Lipinski definition) is 0. The molecule has 0 N–H and O–H groups in total. The predicted molar refractivity (Wildman–Crippen MR) is 129 cm³/mol. The van der Waals surface area contributed by atoms with E-state index in [0.717, 1.165) is 63.5 Å². The molecule has 0 atom stereocenters. The number of carbonyl (C=O) groups excluding carboxylic acids is 1. The van der Waals surface area contributed by atoms with Crippen LogP contribution in [0.4, 0.5) is 0 Å². The van der Waals surface area contributed by atoms with Crippen LogP contribution in [0.5, 0.6) is 0 Å². The van der Waals surface area contributed by atoms with E-state index in [0.29, 0.717) is 18.0 Å². The molecule has 170 valence electrons. The van der Waals surface area contributed by atoms with Crippen LogP contribution >= 0.6 is 0 Å². The molecule has 0 bridgehead atoms. The Morgan fingerprint density at radius 3 is 2.52 bits per heavy atom. The van der Waals surface area contributed by atoms with E-state index in [9.17, 15) is 4.79 Å². The van der Waals surface area contributed by atoms with Gasteiger partial charge in [0, 0.05) is 43.5 Å². The Morgan fingerprint density at radius 2 is 1.82 bits per heavy atom. The molecule has 0 unspecified atom stereocenters. The molecule has 5 rings (SSSR count). The van der Waals surface area contributed by atoms with Crippen molar-refractivity contribution in [3.05, 3.63) is 69.8 Å². The molecule has 1 aliphatic rings. The van der Waals surface area contributed by atoms with Gasteiger partial charge >= 0.3 is 0 Å². The van der Waals surface area contributed by atoms with E-state index in [1.807, 2.05) is 50.8 Å². The minimum atomic E-state index is -0.0113. The van der Waals surface area contributed by atoms with Gasteiger partial charge in [-0.15, -0.1) is 0 Å². The Kier molecular flexibility index (Phi) is 5.07. The van der Waals surface area contributed by atoms with Crippen LogP contribution in [0.25, 0.3) is 16.7 Å². The number of carbonyl (C=O) groups is 1. The van der Waals surface area contributed by atoms with Gasteiger partial charge in [0.2, 0.25) is 0 Å². The molecule has 1 saturated carbocycles. The van der Waals surface area contributed by atoms with Gasteiger partial charge in [-0.3, -0.25) is 9.48 Å². The summed E-state index contributed by atoms with van der Waals surface area (Å²) in [6, 6.07) is 10.2. The molecule has 3 aromatic heterocycles. The third-order valence-corrected chi connectivity index (χ3v) is 6.74. The number of benzene rings is 1. The number of aromatic nitrogens is 5. The van der Waals surface area contributed by atoms with Gasteiger partial charge < -0.3 is 4.90 Å². The Hall–Kier alpha value is -3.48. The third-order valence-electron chi connectivity index (χ3n) is 6.74. The normalized spacial score (nSPS) is 13.6. The van der Waals surface area contributed by atoms with Gasteiger partial charge in [0.05, 0.1) is 28.0 Å². The maximum absolute atomic E-state index is 13.7. The topological polar surface area (TPSA) is 68.8 Å². The summed E-state index contributed by atoms with van der Waals surface area (Å²) in [7, 11) is 3.75. The molecule has 1 amide bonds. The fourth-order valence-corrected chi connectivity index (χ4v) is 4.68. The van der Waals surface area contributed by atoms with E-state index < -0.39 is 0 Å². The smallest absolute Gasteiger partial charge is 0.254 e. The number of rotatable bonds is 5. The summed E-state index contributed by atoms with van der Waals surface area (Å²) in [5.74, 6) is 0.445. The van der Waals surface area contributed by atoms with Crippen molar-refractivity contribution in [2.75, 3.05) is 7.05 Å². The van der Waals surface area contributed by atoms with Crippen molar-refractivity contribution in [2.45, 2.75) is 53.0 Å². The standard InChI is InChI=1S/C26H30N6O/c1-15-9-7-8-10-23(15)32-18(4)21(16(2)29-32)14-30(5)26(33)20-13-22(19-11-12-19)27-25-24(20)17(3)28-31(25)6/h7-10,13,19H,11-12,14H2,1-6H3. The lowest BCUT2D eigenvalue weighted by Crippen LogP contribution is -2.27. The van der Waals surface area contributed by atoms with Crippen molar-refractivity contribution in [1.29, 1.82) is 0 Å². The van der Waals surface area contributed by atoms with Gasteiger partial charge in [0.1, 0.15) is 0 Å². The Bertz CT molecular complexity index is 1390. The highest BCUT2D eigenvalue weighted by atomic mass is 16.2. The quantitative estimate of drug-likeness (QED) is 0.455. The molecule has 7 heteroatoms. The highest BCUT2D eigenvalue weighted by molar-refractivity contribution is 6.06. The molecule has 1 aliphatic carbocycles. The number of amides is 1. The Labute approximate surface area is 194 Å².